The number of nitrogen functional groups attached to an aromatic ring is 1. The van der Waals surface area contributed by atoms with E-state index in [9.17, 15) is 0 Å². The first-order valence-electron chi connectivity index (χ1n) is 17.1. The van der Waals surface area contributed by atoms with Crippen LogP contribution >= 0.6 is 11.6 Å². The minimum absolute atomic E-state index is 0.0163. The van der Waals surface area contributed by atoms with Gasteiger partial charge in [0.15, 0.2) is 5.75 Å². The molecule has 0 radical (unpaired) electrons. The molecule has 4 heterocycles. The zero-order valence-corrected chi connectivity index (χ0v) is 30.7. The van der Waals surface area contributed by atoms with Crippen molar-refractivity contribution in [2.24, 2.45) is 0 Å². The third-order valence-corrected chi connectivity index (χ3v) is 9.95. The van der Waals surface area contributed by atoms with Gasteiger partial charge in [-0.05, 0) is 73.0 Å². The lowest BCUT2D eigenvalue weighted by Gasteiger charge is -2.30. The van der Waals surface area contributed by atoms with Gasteiger partial charge in [-0.2, -0.15) is 13.2 Å². The minimum Gasteiger partial charge on any atom is -0.497 e. The van der Waals surface area contributed by atoms with Crippen molar-refractivity contribution in [3.05, 3.63) is 118 Å². The standard InChI is InChI=1S/C40H37ClF3N7O3/c1-23-18-32(50(20-25-7-11-27(52-3)12-8-25)21-26-9-13-28(53-4)14-10-26)49-36(34(23)40(42,43)44)30-19-31-33-37(35(30)41)54-17-16-51(39(33)48-22-47-31)24(2)29-6-5-15-46-38(29)45/h5-15,18-19,22,24H,16-17,20-21H2,1-4H3,(H2,45,46)/t24-/m1/s1. The lowest BCUT2D eigenvalue weighted by Crippen LogP contribution is -2.31. The van der Waals surface area contributed by atoms with Crippen LogP contribution in [0.25, 0.3) is 22.2 Å². The van der Waals surface area contributed by atoms with Gasteiger partial charge in [-0.1, -0.05) is 41.9 Å². The fourth-order valence-corrected chi connectivity index (χ4v) is 7.14. The van der Waals surface area contributed by atoms with Crippen molar-refractivity contribution in [2.75, 3.05) is 42.9 Å². The van der Waals surface area contributed by atoms with Gasteiger partial charge in [0.2, 0.25) is 0 Å². The van der Waals surface area contributed by atoms with Crippen LogP contribution in [0, 0.1) is 6.92 Å². The molecule has 0 bridgehead atoms. The third kappa shape index (κ3) is 7.11. The van der Waals surface area contributed by atoms with Crippen molar-refractivity contribution < 1.29 is 27.4 Å². The van der Waals surface area contributed by atoms with Crippen LogP contribution in [-0.2, 0) is 19.3 Å². The summed E-state index contributed by atoms with van der Waals surface area (Å²) < 4.78 is 62.1. The maximum absolute atomic E-state index is 15.1. The fraction of sp³-hybridized carbons (Fsp3) is 0.250. The summed E-state index contributed by atoms with van der Waals surface area (Å²) in [6, 6.07) is 21.4. The quantitative estimate of drug-likeness (QED) is 0.146. The van der Waals surface area contributed by atoms with Gasteiger partial charge in [-0.3, -0.25) is 0 Å². The van der Waals surface area contributed by atoms with Gasteiger partial charge in [0.25, 0.3) is 0 Å². The Kier molecular flexibility index (Phi) is 10.1. The number of hydrogen-bond donors (Lipinski definition) is 1. The molecule has 54 heavy (non-hydrogen) atoms. The molecular weight excluding hydrogens is 719 g/mol. The SMILES string of the molecule is COc1ccc(CN(Cc2ccc(OC)cc2)c2cc(C)c(C(F)(F)F)c(-c3cc4ncnc5c4c(c3Cl)OCCN5[C@H](C)c3cccnc3N)n2)cc1. The topological polar surface area (TPSA) is 112 Å². The molecule has 0 spiro atoms. The molecule has 1 aliphatic heterocycles. The Balaban J connectivity index is 1.38. The van der Waals surface area contributed by atoms with E-state index in [-0.39, 0.29) is 40.2 Å². The van der Waals surface area contributed by atoms with Crippen molar-refractivity contribution in [3.63, 3.8) is 0 Å². The summed E-state index contributed by atoms with van der Waals surface area (Å²) >= 11 is 7.12. The van der Waals surface area contributed by atoms with Crippen LogP contribution in [0.1, 0.15) is 40.8 Å². The molecule has 3 aromatic carbocycles. The number of nitrogens with two attached hydrogens (primary N) is 1. The predicted octanol–water partition coefficient (Wildman–Crippen LogP) is 8.83. The van der Waals surface area contributed by atoms with Crippen LogP contribution < -0.4 is 29.7 Å². The number of hydrogen-bond acceptors (Lipinski definition) is 10. The molecule has 0 saturated carbocycles. The molecule has 7 rings (SSSR count). The molecule has 0 amide bonds. The van der Waals surface area contributed by atoms with Crippen LogP contribution in [0.4, 0.5) is 30.6 Å². The Bertz CT molecular complexity index is 2260. The Hall–Kier alpha value is -5.82. The lowest BCUT2D eigenvalue weighted by atomic mass is 9.98. The summed E-state index contributed by atoms with van der Waals surface area (Å²) in [4.78, 5) is 22.0. The van der Waals surface area contributed by atoms with Crippen LogP contribution in [0.5, 0.6) is 17.2 Å². The summed E-state index contributed by atoms with van der Waals surface area (Å²) in [7, 11) is 3.17. The van der Waals surface area contributed by atoms with Gasteiger partial charge in [-0.25, -0.2) is 19.9 Å². The molecule has 0 aliphatic carbocycles. The number of rotatable bonds is 10. The van der Waals surface area contributed by atoms with Crippen LogP contribution in [0.3, 0.4) is 0 Å². The Morgan fingerprint density at radius 2 is 1.59 bits per heavy atom. The highest BCUT2D eigenvalue weighted by molar-refractivity contribution is 6.36. The molecule has 6 aromatic rings. The maximum Gasteiger partial charge on any atom is 0.418 e. The van der Waals surface area contributed by atoms with Crippen LogP contribution in [-0.4, -0.2) is 47.3 Å². The van der Waals surface area contributed by atoms with Crippen molar-refractivity contribution in [2.45, 2.75) is 39.2 Å². The molecule has 1 atom stereocenters. The van der Waals surface area contributed by atoms with E-state index < -0.39 is 11.7 Å². The highest BCUT2D eigenvalue weighted by Gasteiger charge is 2.39. The van der Waals surface area contributed by atoms with Gasteiger partial charge in [-0.15, -0.1) is 0 Å². The van der Waals surface area contributed by atoms with E-state index in [2.05, 4.69) is 15.0 Å². The zero-order chi connectivity index (χ0) is 38.1. The second-order valence-electron chi connectivity index (χ2n) is 12.9. The summed E-state index contributed by atoms with van der Waals surface area (Å²) in [6.45, 7) is 4.61. The second-order valence-corrected chi connectivity index (χ2v) is 13.3. The number of pyridine rings is 2. The number of alkyl halides is 3. The van der Waals surface area contributed by atoms with Gasteiger partial charge in [0.05, 0.1) is 54.0 Å². The number of anilines is 3. The number of methoxy groups -OCH3 is 2. The van der Waals surface area contributed by atoms with Gasteiger partial charge >= 0.3 is 6.18 Å². The molecule has 0 saturated heterocycles. The normalized spacial score (nSPS) is 13.3. The number of benzene rings is 3. The highest BCUT2D eigenvalue weighted by atomic mass is 35.5. The minimum atomic E-state index is -4.76. The molecule has 3 aromatic heterocycles. The van der Waals surface area contributed by atoms with E-state index in [1.807, 2.05) is 71.3 Å². The van der Waals surface area contributed by atoms with Gasteiger partial charge < -0.3 is 29.7 Å². The van der Waals surface area contributed by atoms with Gasteiger partial charge in [0, 0.05) is 30.4 Å². The van der Waals surface area contributed by atoms with Gasteiger partial charge in [0.1, 0.15) is 41.9 Å². The molecule has 0 unspecified atom stereocenters. The zero-order valence-electron chi connectivity index (χ0n) is 30.0. The number of halogens is 4. The number of ether oxygens (including phenoxy) is 3. The summed E-state index contributed by atoms with van der Waals surface area (Å²) in [5.74, 6) is 2.76. The lowest BCUT2D eigenvalue weighted by molar-refractivity contribution is -0.137. The smallest absolute Gasteiger partial charge is 0.418 e. The Morgan fingerprint density at radius 1 is 0.944 bits per heavy atom. The van der Waals surface area contributed by atoms with Crippen molar-refractivity contribution >= 4 is 40.0 Å². The van der Waals surface area contributed by atoms with E-state index in [4.69, 9.17) is 36.5 Å². The summed E-state index contributed by atoms with van der Waals surface area (Å²) in [5.41, 5.74) is 7.95. The third-order valence-electron chi connectivity index (χ3n) is 9.57. The fourth-order valence-electron chi connectivity index (χ4n) is 6.85. The Morgan fingerprint density at radius 3 is 2.19 bits per heavy atom. The van der Waals surface area contributed by atoms with Crippen molar-refractivity contribution in [3.8, 4) is 28.5 Å². The van der Waals surface area contributed by atoms with Crippen LogP contribution in [0.2, 0.25) is 5.02 Å². The summed E-state index contributed by atoms with van der Waals surface area (Å²) in [6.07, 6.45) is -1.77. The van der Waals surface area contributed by atoms with Crippen molar-refractivity contribution in [1.82, 2.24) is 19.9 Å². The second kappa shape index (κ2) is 14.9. The monoisotopic (exact) mass is 755 g/mol. The molecule has 278 valence electrons. The number of aromatic nitrogens is 4. The Labute approximate surface area is 315 Å². The molecule has 2 N–H and O–H groups in total. The molecule has 14 heteroatoms. The molecule has 1 aliphatic rings. The average Bonchev–Trinajstić information content (AvgIpc) is 3.36. The summed E-state index contributed by atoms with van der Waals surface area (Å²) in [5, 5.41) is 0.445. The maximum atomic E-state index is 15.1. The van der Waals surface area contributed by atoms with E-state index in [0.717, 1.165) is 16.7 Å². The molecular formula is C40H37ClF3N7O3. The number of nitrogens with zero attached hydrogens (tertiary/aromatic N) is 6. The van der Waals surface area contributed by atoms with Crippen LogP contribution in [0.15, 0.2) is 85.3 Å². The predicted molar refractivity (Wildman–Crippen MR) is 203 cm³/mol. The first-order valence-corrected chi connectivity index (χ1v) is 17.5. The number of aryl methyl sites for hydroxylation is 1. The van der Waals surface area contributed by atoms with E-state index >= 15 is 13.2 Å². The first-order chi connectivity index (χ1) is 26.0. The highest BCUT2D eigenvalue weighted by Crippen LogP contribution is 2.49. The van der Waals surface area contributed by atoms with E-state index in [0.29, 0.717) is 59.5 Å². The van der Waals surface area contributed by atoms with Crippen molar-refractivity contribution in [1.29, 1.82) is 0 Å². The van der Waals surface area contributed by atoms with E-state index in [1.54, 1.807) is 26.5 Å². The largest absolute Gasteiger partial charge is 0.497 e. The molecule has 0 fully saturated rings. The molecule has 10 nitrogen and oxygen atoms in total. The average molecular weight is 756 g/mol. The van der Waals surface area contributed by atoms with E-state index in [1.165, 1.54) is 25.4 Å². The first kappa shape index (κ1) is 36.5.